The Morgan fingerprint density at radius 2 is 1.53 bits per heavy atom. The summed E-state index contributed by atoms with van der Waals surface area (Å²) < 4.78 is 29.9. The van der Waals surface area contributed by atoms with Crippen molar-refractivity contribution < 1.29 is 17.9 Å². The van der Waals surface area contributed by atoms with E-state index < -0.39 is 21.3 Å². The smallest absolute Gasteiger partial charge is 0.410 e. The Balaban J connectivity index is 0.000000469. The third kappa shape index (κ3) is 6.92. The van der Waals surface area contributed by atoms with Crippen molar-refractivity contribution in [2.45, 2.75) is 76.1 Å². The van der Waals surface area contributed by atoms with Gasteiger partial charge in [0, 0.05) is 38.3 Å². The van der Waals surface area contributed by atoms with Crippen LogP contribution in [-0.4, -0.2) is 78.0 Å². The maximum absolute atomic E-state index is 12.7. The summed E-state index contributed by atoms with van der Waals surface area (Å²) >= 11 is 0. The first-order valence-corrected chi connectivity index (χ1v) is 13.4. The zero-order chi connectivity index (χ0) is 25.0. The van der Waals surface area contributed by atoms with Crippen LogP contribution >= 0.6 is 0 Å². The number of nitrogens with two attached hydrogens (primary N) is 1. The number of hydrogen-bond donors (Lipinski definition) is 1. The number of piperidine rings is 1. The molecule has 3 fully saturated rings. The lowest BCUT2D eigenvalue weighted by Gasteiger charge is -2.55. The van der Waals surface area contributed by atoms with Gasteiger partial charge in [-0.2, -0.15) is 18.0 Å². The average Bonchev–Trinajstić information content (AvgIpc) is 3.56. The molecule has 1 aromatic carbocycles. The van der Waals surface area contributed by atoms with E-state index in [2.05, 4.69) is 11.0 Å². The number of ether oxygens (including phenoxy) is 1. The topological polar surface area (TPSA) is 120 Å². The molecule has 0 unspecified atom stereocenters. The molecule has 10 heteroatoms. The third-order valence-electron chi connectivity index (χ3n) is 6.45. The first-order valence-electron chi connectivity index (χ1n) is 11.9. The highest BCUT2D eigenvalue weighted by atomic mass is 32.2. The molecular weight excluding hydrogens is 454 g/mol. The number of hydrogen-bond acceptors (Lipinski definition) is 6. The molecular formula is C24H37N5O4S. The summed E-state index contributed by atoms with van der Waals surface area (Å²) in [6.45, 7) is 7.56. The summed E-state index contributed by atoms with van der Waals surface area (Å²) in [6.07, 6.45) is 3.63. The zero-order valence-corrected chi connectivity index (χ0v) is 21.2. The minimum Gasteiger partial charge on any atom is -0.444 e. The molecule has 0 spiro atoms. The Hall–Kier alpha value is -2.19. The third-order valence-corrected chi connectivity index (χ3v) is 7.43. The van der Waals surface area contributed by atoms with E-state index in [4.69, 9.17) is 9.88 Å². The summed E-state index contributed by atoms with van der Waals surface area (Å²) in [7, 11) is -3.72. The minimum absolute atomic E-state index is 0.118. The van der Waals surface area contributed by atoms with Gasteiger partial charge in [0.25, 0.3) is 10.2 Å². The molecule has 0 atom stereocenters. The number of nitriles is 1. The Bertz CT molecular complexity index is 929. The maximum atomic E-state index is 12.7. The fourth-order valence-corrected chi connectivity index (χ4v) is 5.47. The van der Waals surface area contributed by atoms with E-state index in [1.807, 2.05) is 62.1 Å². The molecule has 2 N–H and O–H groups in total. The lowest BCUT2D eigenvalue weighted by molar-refractivity contribution is -0.0409. The van der Waals surface area contributed by atoms with Gasteiger partial charge in [-0.05, 0) is 46.5 Å². The molecule has 0 radical (unpaired) electrons. The van der Waals surface area contributed by atoms with E-state index in [9.17, 15) is 18.5 Å². The molecule has 2 aliphatic heterocycles. The van der Waals surface area contributed by atoms with Crippen LogP contribution in [0.4, 0.5) is 4.79 Å². The highest BCUT2D eigenvalue weighted by molar-refractivity contribution is 7.86. The number of rotatable bonds is 5. The van der Waals surface area contributed by atoms with Gasteiger partial charge in [-0.3, -0.25) is 4.90 Å². The summed E-state index contributed by atoms with van der Waals surface area (Å²) in [4.78, 5) is 16.8. The van der Waals surface area contributed by atoms with Crippen molar-refractivity contribution in [3.8, 4) is 6.07 Å². The first-order chi connectivity index (χ1) is 16.0. The SMILES string of the molecule is CC(C)(C)OC(=O)N(C1CC1)C1CCN(C2(CC#N)CN(S(N)(=O)=O)C2)CC1.c1ccccc1. The molecule has 3 aliphatic rings. The zero-order valence-electron chi connectivity index (χ0n) is 20.4. The molecule has 1 amide bonds. The molecule has 34 heavy (non-hydrogen) atoms. The quantitative estimate of drug-likeness (QED) is 0.676. The number of likely N-dealkylation sites (tertiary alicyclic amines) is 1. The fourth-order valence-electron chi connectivity index (χ4n) is 4.63. The van der Waals surface area contributed by atoms with Gasteiger partial charge in [0.15, 0.2) is 0 Å². The Kier molecular flexibility index (Phi) is 8.24. The molecule has 1 aromatic rings. The molecule has 0 bridgehead atoms. The van der Waals surface area contributed by atoms with Crippen molar-refractivity contribution in [1.29, 1.82) is 5.26 Å². The first kappa shape index (κ1) is 26.4. The molecule has 4 rings (SSSR count). The predicted molar refractivity (Wildman–Crippen MR) is 130 cm³/mol. The van der Waals surface area contributed by atoms with Gasteiger partial charge in [0.1, 0.15) is 5.60 Å². The number of benzene rings is 1. The standard InChI is InChI=1S/C18H31N5O4S.C6H6/c1-17(2,3)27-16(24)23(14-4-5-14)15-6-10-21(11-7-15)18(8-9-19)12-22(13-18)28(20,25)26;1-2-4-6-5-3-1/h14-15H,4-8,10-13H2,1-3H3,(H2,20,25,26);1-6H. The second kappa shape index (κ2) is 10.6. The minimum atomic E-state index is -3.72. The van der Waals surface area contributed by atoms with Crippen LogP contribution < -0.4 is 5.14 Å². The summed E-state index contributed by atoms with van der Waals surface area (Å²) in [5.74, 6) is 0. The normalized spacial score (nSPS) is 21.4. The second-order valence-electron chi connectivity index (χ2n) is 10.4. The summed E-state index contributed by atoms with van der Waals surface area (Å²) in [5, 5.41) is 14.5. The van der Waals surface area contributed by atoms with Gasteiger partial charge in [-0.25, -0.2) is 9.93 Å². The molecule has 188 valence electrons. The van der Waals surface area contributed by atoms with Crippen LogP contribution in [0.3, 0.4) is 0 Å². The lowest BCUT2D eigenvalue weighted by Crippen LogP contribution is -2.73. The molecule has 1 aliphatic carbocycles. The van der Waals surface area contributed by atoms with Crippen LogP contribution in [-0.2, 0) is 14.9 Å². The van der Waals surface area contributed by atoms with Crippen molar-refractivity contribution in [2.75, 3.05) is 26.2 Å². The number of nitrogens with zero attached hydrogens (tertiary/aromatic N) is 4. The fraction of sp³-hybridized carbons (Fsp3) is 0.667. The van der Waals surface area contributed by atoms with Crippen LogP contribution in [0.2, 0.25) is 0 Å². The molecule has 2 heterocycles. The molecule has 1 saturated carbocycles. The Morgan fingerprint density at radius 1 is 1.06 bits per heavy atom. The molecule has 9 nitrogen and oxygen atoms in total. The van der Waals surface area contributed by atoms with Crippen molar-refractivity contribution in [1.82, 2.24) is 14.1 Å². The van der Waals surface area contributed by atoms with Crippen molar-refractivity contribution in [3.63, 3.8) is 0 Å². The highest BCUT2D eigenvalue weighted by Crippen LogP contribution is 2.37. The van der Waals surface area contributed by atoms with Crippen LogP contribution in [0.15, 0.2) is 36.4 Å². The predicted octanol–water partition coefficient (Wildman–Crippen LogP) is 2.71. The van der Waals surface area contributed by atoms with Crippen LogP contribution in [0.5, 0.6) is 0 Å². The van der Waals surface area contributed by atoms with Crippen LogP contribution in [0, 0.1) is 11.3 Å². The monoisotopic (exact) mass is 491 g/mol. The average molecular weight is 492 g/mol. The lowest BCUT2D eigenvalue weighted by atomic mass is 9.84. The number of amides is 1. The highest BCUT2D eigenvalue weighted by Gasteiger charge is 2.52. The van der Waals surface area contributed by atoms with Gasteiger partial charge in [-0.15, -0.1) is 0 Å². The van der Waals surface area contributed by atoms with Crippen molar-refractivity contribution in [2.24, 2.45) is 5.14 Å². The van der Waals surface area contributed by atoms with E-state index in [-0.39, 0.29) is 37.7 Å². The Labute approximate surface area is 203 Å². The van der Waals surface area contributed by atoms with E-state index in [1.54, 1.807) is 0 Å². The van der Waals surface area contributed by atoms with Crippen LogP contribution in [0.25, 0.3) is 0 Å². The van der Waals surface area contributed by atoms with E-state index in [1.165, 1.54) is 4.31 Å². The molecule has 0 aromatic heterocycles. The van der Waals surface area contributed by atoms with Crippen molar-refractivity contribution in [3.05, 3.63) is 36.4 Å². The van der Waals surface area contributed by atoms with Gasteiger partial charge < -0.3 is 9.64 Å². The van der Waals surface area contributed by atoms with E-state index in [0.29, 0.717) is 0 Å². The van der Waals surface area contributed by atoms with Crippen molar-refractivity contribution >= 4 is 16.3 Å². The number of carbonyl (C=O) groups excluding carboxylic acids is 1. The Morgan fingerprint density at radius 3 is 1.91 bits per heavy atom. The van der Waals surface area contributed by atoms with Gasteiger partial charge in [0.2, 0.25) is 0 Å². The van der Waals surface area contributed by atoms with Gasteiger partial charge in [0.05, 0.1) is 18.0 Å². The summed E-state index contributed by atoms with van der Waals surface area (Å²) in [5.41, 5.74) is -0.993. The molecule has 2 saturated heterocycles. The van der Waals surface area contributed by atoms with E-state index >= 15 is 0 Å². The van der Waals surface area contributed by atoms with Crippen LogP contribution in [0.1, 0.15) is 52.9 Å². The largest absolute Gasteiger partial charge is 0.444 e. The summed E-state index contributed by atoms with van der Waals surface area (Å²) in [6, 6.07) is 14.6. The maximum Gasteiger partial charge on any atom is 0.410 e. The van der Waals surface area contributed by atoms with Gasteiger partial charge in [-0.1, -0.05) is 36.4 Å². The van der Waals surface area contributed by atoms with Gasteiger partial charge >= 0.3 is 6.09 Å². The number of carbonyl (C=O) groups is 1. The van der Waals surface area contributed by atoms with E-state index in [0.717, 1.165) is 38.8 Å². The second-order valence-corrected chi connectivity index (χ2v) is 11.9.